The fraction of sp³-hybridized carbons (Fsp3) is 0.418. The Morgan fingerprint density at radius 3 is 1.52 bits per heavy atom. The summed E-state index contributed by atoms with van der Waals surface area (Å²) in [6, 6.07) is 39.1. The van der Waals surface area contributed by atoms with E-state index in [-0.39, 0.29) is 14.9 Å². The van der Waals surface area contributed by atoms with Crippen molar-refractivity contribution in [1.82, 2.24) is 70.9 Å². The van der Waals surface area contributed by atoms with E-state index in [1.165, 1.54) is 28.3 Å². The zero-order chi connectivity index (χ0) is 59.8. The van der Waals surface area contributed by atoms with Crippen molar-refractivity contribution in [1.29, 1.82) is 0 Å². The van der Waals surface area contributed by atoms with Crippen molar-refractivity contribution in [2.75, 3.05) is 0 Å². The summed E-state index contributed by atoms with van der Waals surface area (Å²) in [6.45, 7) is 34.1. The summed E-state index contributed by atoms with van der Waals surface area (Å²) in [5.41, 5.74) is 14.1. The second-order valence-corrected chi connectivity index (χ2v) is 23.6. The van der Waals surface area contributed by atoms with Gasteiger partial charge in [0.2, 0.25) is 0 Å². The number of thiazole rings is 1. The van der Waals surface area contributed by atoms with Gasteiger partial charge in [-0.3, -0.25) is 15.2 Å². The Morgan fingerprint density at radius 1 is 0.512 bits per heavy atom. The Morgan fingerprint density at radius 2 is 1.12 bits per heavy atom. The third-order valence-corrected chi connectivity index (χ3v) is 14.2. The second kappa shape index (κ2) is 39.8. The topological polar surface area (TPSA) is 201 Å². The Kier molecular flexibility index (Phi) is 34.3. The summed E-state index contributed by atoms with van der Waals surface area (Å²) < 4.78 is 0. The highest BCUT2D eigenvalue weighted by Gasteiger charge is 2.21. The van der Waals surface area contributed by atoms with Gasteiger partial charge < -0.3 is 10.4 Å². The lowest BCUT2D eigenvalue weighted by molar-refractivity contribution is 0.442. The Balaban J connectivity index is 0.000000330. The molecule has 0 amide bonds. The lowest BCUT2D eigenvalue weighted by atomic mass is 9.97. The number of aromatic nitrogens is 13. The Bertz CT molecular complexity index is 2980. The number of nitrogens with zero attached hydrogens (tertiary/aromatic N) is 11. The molecule has 11 rings (SSSR count). The van der Waals surface area contributed by atoms with E-state index >= 15 is 0 Å². The smallest absolute Gasteiger partial charge is 0.137 e. The Labute approximate surface area is 511 Å². The highest BCUT2D eigenvalue weighted by Crippen LogP contribution is 2.22. The van der Waals surface area contributed by atoms with Crippen LogP contribution in [0.15, 0.2) is 162 Å². The maximum absolute atomic E-state index is 4.46. The van der Waals surface area contributed by atoms with Gasteiger partial charge in [0.05, 0.1) is 33.5 Å². The largest absolute Gasteiger partial charge is 0.342 e. The van der Waals surface area contributed by atoms with Crippen LogP contribution in [0.3, 0.4) is 0 Å². The zero-order valence-corrected chi connectivity index (χ0v) is 52.8. The van der Waals surface area contributed by atoms with Crippen LogP contribution in [0.2, 0.25) is 0 Å². The number of pyridine rings is 1. The number of rotatable bonds is 10. The van der Waals surface area contributed by atoms with E-state index in [0.29, 0.717) is 53.4 Å². The van der Waals surface area contributed by atoms with Crippen LogP contribution >= 0.6 is 22.7 Å². The number of hydrogen-bond acceptors (Lipinski definition) is 14. The van der Waals surface area contributed by atoms with Crippen molar-refractivity contribution < 1.29 is 0 Å². The highest BCUT2D eigenvalue weighted by atomic mass is 32.1. The molecule has 0 spiro atoms. The molecular weight excluding hydrogens is 1080 g/mol. The molecule has 4 N–H and O–H groups in total. The van der Waals surface area contributed by atoms with Crippen LogP contribution in [0.1, 0.15) is 218 Å². The van der Waals surface area contributed by atoms with Crippen LogP contribution in [0.25, 0.3) is 22.3 Å². The van der Waals surface area contributed by atoms with Gasteiger partial charge in [0, 0.05) is 83.1 Å². The summed E-state index contributed by atoms with van der Waals surface area (Å²) in [7, 11) is 0. The molecule has 0 aliphatic carbocycles. The molecule has 84 heavy (non-hydrogen) atoms. The first-order valence-corrected chi connectivity index (χ1v) is 30.2. The van der Waals surface area contributed by atoms with Gasteiger partial charge in [-0.05, 0) is 59.7 Å². The van der Waals surface area contributed by atoms with Gasteiger partial charge in [-0.25, -0.2) is 24.9 Å². The molecule has 0 fully saturated rings. The molecule has 0 saturated carbocycles. The number of H-pyrrole nitrogens is 3. The molecule has 452 valence electrons. The predicted molar refractivity (Wildman–Crippen MR) is 356 cm³/mol. The van der Waals surface area contributed by atoms with Crippen molar-refractivity contribution in [3.8, 4) is 11.3 Å². The molecule has 0 saturated heterocycles. The summed E-state index contributed by atoms with van der Waals surface area (Å²) in [5.74, 6) is 7.10. The number of imidazole rings is 1. The fourth-order valence-corrected chi connectivity index (χ4v) is 8.29. The molecule has 3 aromatic carbocycles. The van der Waals surface area contributed by atoms with Crippen molar-refractivity contribution in [2.24, 2.45) is 11.0 Å². The number of para-hydroxylation sites is 2. The predicted octanol–water partition coefficient (Wildman–Crippen LogP) is 18.2. The summed E-state index contributed by atoms with van der Waals surface area (Å²) in [6.07, 6.45) is 9.77. The molecule has 10 aromatic rings. The molecule has 1 aliphatic rings. The van der Waals surface area contributed by atoms with Crippen LogP contribution in [-0.4, -0.2) is 77.2 Å². The number of nitrogens with one attached hydrogen (secondary N) is 4. The fourth-order valence-electron chi connectivity index (χ4n) is 7.07. The first kappa shape index (κ1) is 72.5. The molecule has 1 atom stereocenters. The normalized spacial score (nSPS) is 12.0. The second-order valence-electron chi connectivity index (χ2n) is 21.8. The lowest BCUT2D eigenvalue weighted by Crippen LogP contribution is -2.25. The molecule has 1 unspecified atom stereocenters. The highest BCUT2D eigenvalue weighted by molar-refractivity contribution is 7.09. The first-order valence-electron chi connectivity index (χ1n) is 28.5. The molecule has 0 bridgehead atoms. The van der Waals surface area contributed by atoms with Crippen LogP contribution in [0.4, 0.5) is 0 Å². The van der Waals surface area contributed by atoms with Gasteiger partial charge in [0.25, 0.3) is 0 Å². The monoisotopic (exact) mass is 1180 g/mol. The van der Waals surface area contributed by atoms with E-state index in [1.807, 2.05) is 90.6 Å². The zero-order valence-electron chi connectivity index (χ0n) is 51.2. The molecule has 1 aliphatic heterocycles. The number of hydrazone groups is 1. The molecule has 0 radical (unpaired) electrons. The van der Waals surface area contributed by atoms with Crippen LogP contribution in [0.5, 0.6) is 0 Å². The number of aromatic amines is 3. The van der Waals surface area contributed by atoms with Gasteiger partial charge in [0.1, 0.15) is 34.3 Å². The van der Waals surface area contributed by atoms with E-state index in [2.05, 4.69) is 229 Å². The van der Waals surface area contributed by atoms with Gasteiger partial charge >= 0.3 is 0 Å². The quantitative estimate of drug-likeness (QED) is 0.102. The molecule has 17 heteroatoms. The number of hydrogen-bond donors (Lipinski definition) is 4. The first-order chi connectivity index (χ1) is 39.3. The van der Waals surface area contributed by atoms with Crippen LogP contribution in [-0.2, 0) is 0 Å². The minimum absolute atomic E-state index is 0. The van der Waals surface area contributed by atoms with Crippen molar-refractivity contribution in [3.63, 3.8) is 0 Å². The molecule has 7 aromatic heterocycles. The summed E-state index contributed by atoms with van der Waals surface area (Å²) in [4.78, 5) is 28.1. The van der Waals surface area contributed by atoms with Crippen molar-refractivity contribution in [3.05, 3.63) is 202 Å². The molecular formula is C67H97N15S2. The summed E-state index contributed by atoms with van der Waals surface area (Å²) in [5, 5.41) is 30.1. The minimum Gasteiger partial charge on any atom is -0.342 e. The van der Waals surface area contributed by atoms with E-state index in [1.54, 1.807) is 40.6 Å². The minimum atomic E-state index is 0. The summed E-state index contributed by atoms with van der Waals surface area (Å²) >= 11 is 3.33. The third-order valence-electron chi connectivity index (χ3n) is 12.1. The maximum Gasteiger partial charge on any atom is 0.137 e. The average Bonchev–Trinajstić information content (AvgIpc) is 4.56. The van der Waals surface area contributed by atoms with E-state index in [0.717, 1.165) is 56.9 Å². The van der Waals surface area contributed by atoms with Gasteiger partial charge in [-0.2, -0.15) is 15.3 Å². The van der Waals surface area contributed by atoms with E-state index < -0.39 is 0 Å². The van der Waals surface area contributed by atoms with E-state index in [4.69, 9.17) is 0 Å². The third kappa shape index (κ3) is 26.7. The molecule has 15 nitrogen and oxygen atoms in total. The van der Waals surface area contributed by atoms with Crippen LogP contribution < -0.4 is 5.43 Å². The lowest BCUT2D eigenvalue weighted by Gasteiger charge is -2.12. The van der Waals surface area contributed by atoms with Crippen LogP contribution in [0, 0.1) is 5.92 Å². The van der Waals surface area contributed by atoms with Gasteiger partial charge in [-0.1, -0.05) is 204 Å². The van der Waals surface area contributed by atoms with E-state index in [9.17, 15) is 0 Å². The van der Waals surface area contributed by atoms with Crippen molar-refractivity contribution in [2.45, 2.75) is 180 Å². The SMILES string of the molecule is C.C.CC(C)C1CC(c2ccccc2)=NN1.CC(C)c1cc(-c2ccccc2)n[nH]1.CC(C)c1ccccn1.CC(C)c1nc2ccccc2[nH]1.CC(C)c1ncccn1.CC(C)c1nccs1.CC(C)c1ncn[nH]1.CC(C)c1nncs1. The molecule has 8 heterocycles. The average molecular weight is 1180 g/mol. The maximum atomic E-state index is 4.46. The van der Waals surface area contributed by atoms with Gasteiger partial charge in [0.15, 0.2) is 0 Å². The number of fused-ring (bicyclic) bond motifs is 1. The van der Waals surface area contributed by atoms with Crippen molar-refractivity contribution >= 4 is 39.4 Å². The Hall–Kier alpha value is -7.63. The van der Waals surface area contributed by atoms with Gasteiger partial charge in [-0.15, -0.1) is 32.9 Å². The standard InChI is InChI=1S/C12H16N2.C12H14N2.C10H12N2.C8H11N.C7H10N2.C6H9NS.C5H9N3.C5H8N2S.2CH4/c2*1-9(2)11-8-12(14-13-11)10-6-4-3-5-7-10;1-7(2)10-11-8-5-3-4-6-9(8)12-10;1-7(2)8-5-3-4-6-9-8;1-6(2)7-8-4-3-5-9-7;1-5(2)6-7-3-4-8-6;1-4(2)5-6-3-7-8-5;1-4(2)5-7-6-3-8-5;;/h3-7,9,11,13H,8H2,1-2H3;3-9H,1-2H3,(H,13,14);3-7H,1-2H3,(H,11,12);3-7H,1-2H3;3-6H,1-2H3;3-5H,1-2H3;3-4H,1-2H3,(H,6,7,8);3-4H,1-2H3;2*1H4. The number of benzene rings is 3.